The van der Waals surface area contributed by atoms with Gasteiger partial charge < -0.3 is 20.3 Å². The van der Waals surface area contributed by atoms with Crippen LogP contribution in [-0.2, 0) is 14.3 Å². The number of nitrogens with zero attached hydrogens (tertiary/aromatic N) is 1. The van der Waals surface area contributed by atoms with Crippen molar-refractivity contribution in [2.24, 2.45) is 5.92 Å². The van der Waals surface area contributed by atoms with Crippen LogP contribution in [0.2, 0.25) is 5.02 Å². The van der Waals surface area contributed by atoms with Gasteiger partial charge in [0.1, 0.15) is 17.7 Å². The van der Waals surface area contributed by atoms with Crippen molar-refractivity contribution < 1.29 is 19.1 Å². The van der Waals surface area contributed by atoms with Gasteiger partial charge in [0.05, 0.1) is 10.7 Å². The summed E-state index contributed by atoms with van der Waals surface area (Å²) >= 11 is 6.44. The Morgan fingerprint density at radius 1 is 0.949 bits per heavy atom. The Hall–Kier alpha value is -3.06. The van der Waals surface area contributed by atoms with Crippen molar-refractivity contribution in [3.8, 4) is 0 Å². The molecule has 0 aromatic heterocycles. The minimum absolute atomic E-state index is 0.0996. The predicted octanol–water partition coefficient (Wildman–Crippen LogP) is 7.12. The molecule has 0 fully saturated rings. The maximum absolute atomic E-state index is 14.2. The Labute approximate surface area is 238 Å². The summed E-state index contributed by atoms with van der Waals surface area (Å²) in [6.45, 7) is 18.8. The smallest absolute Gasteiger partial charge is 0.408 e. The topological polar surface area (TPSA) is 87.7 Å². The van der Waals surface area contributed by atoms with E-state index in [0.29, 0.717) is 22.7 Å². The minimum atomic E-state index is -0.970. The van der Waals surface area contributed by atoms with Crippen LogP contribution in [0.1, 0.15) is 83.2 Å². The molecule has 0 aliphatic heterocycles. The first kappa shape index (κ1) is 32.2. The molecule has 0 heterocycles. The number of carbonyl (C=O) groups is 3. The van der Waals surface area contributed by atoms with Crippen LogP contribution < -0.4 is 10.6 Å². The highest BCUT2D eigenvalue weighted by Gasteiger charge is 2.38. The lowest BCUT2D eigenvalue weighted by molar-refractivity contribution is -0.143. The van der Waals surface area contributed by atoms with Gasteiger partial charge in [-0.3, -0.25) is 9.59 Å². The average Bonchev–Trinajstić information content (AvgIpc) is 2.79. The lowest BCUT2D eigenvalue weighted by Crippen LogP contribution is -2.54. The highest BCUT2D eigenvalue weighted by Crippen LogP contribution is 2.31. The molecule has 0 aliphatic rings. The Morgan fingerprint density at radius 2 is 1.59 bits per heavy atom. The fourth-order valence-electron chi connectivity index (χ4n) is 4.36. The lowest BCUT2D eigenvalue weighted by atomic mass is 9.95. The normalized spacial score (nSPS) is 13.2. The van der Waals surface area contributed by atoms with E-state index < -0.39 is 29.7 Å². The molecule has 214 valence electrons. The Bertz CT molecular complexity index is 1170. The van der Waals surface area contributed by atoms with Crippen molar-refractivity contribution >= 4 is 35.2 Å². The highest BCUT2D eigenvalue weighted by molar-refractivity contribution is 6.34. The van der Waals surface area contributed by atoms with E-state index in [0.717, 1.165) is 16.7 Å². The number of benzene rings is 2. The molecule has 2 atom stereocenters. The van der Waals surface area contributed by atoms with E-state index in [1.165, 1.54) is 0 Å². The number of carbonyl (C=O) groups excluding carboxylic acids is 3. The van der Waals surface area contributed by atoms with Crippen molar-refractivity contribution in [2.75, 3.05) is 5.32 Å². The number of rotatable bonds is 9. The molecule has 2 rings (SSSR count). The first-order chi connectivity index (χ1) is 18.0. The largest absolute Gasteiger partial charge is 0.444 e. The van der Waals surface area contributed by atoms with Crippen molar-refractivity contribution in [1.82, 2.24) is 10.2 Å². The molecule has 3 amide bonds. The summed E-state index contributed by atoms with van der Waals surface area (Å²) in [5.74, 6) is -0.654. The molecular formula is C31H44ClN3O4. The zero-order valence-electron chi connectivity index (χ0n) is 24.9. The lowest BCUT2D eigenvalue weighted by Gasteiger charge is -2.37. The summed E-state index contributed by atoms with van der Waals surface area (Å²) in [5.41, 5.74) is 3.33. The number of alkyl carbamates (subject to hydrolysis) is 1. The van der Waals surface area contributed by atoms with Gasteiger partial charge in [0.15, 0.2) is 0 Å². The van der Waals surface area contributed by atoms with Crippen LogP contribution in [0, 0.1) is 26.7 Å². The fraction of sp³-hybridized carbons (Fsp3) is 0.516. The Morgan fingerprint density at radius 3 is 2.10 bits per heavy atom. The first-order valence-corrected chi connectivity index (χ1v) is 13.8. The number of hydrogen-bond acceptors (Lipinski definition) is 4. The van der Waals surface area contributed by atoms with E-state index in [9.17, 15) is 14.4 Å². The maximum atomic E-state index is 14.2. The molecule has 0 bridgehead atoms. The Kier molecular flexibility index (Phi) is 11.0. The van der Waals surface area contributed by atoms with Gasteiger partial charge >= 0.3 is 6.09 Å². The van der Waals surface area contributed by atoms with Gasteiger partial charge in [-0.1, -0.05) is 55.8 Å². The van der Waals surface area contributed by atoms with Gasteiger partial charge in [-0.05, 0) is 96.0 Å². The number of aryl methyl sites for hydroxylation is 3. The molecule has 39 heavy (non-hydrogen) atoms. The summed E-state index contributed by atoms with van der Waals surface area (Å²) in [6, 6.07) is 8.92. The third kappa shape index (κ3) is 8.99. The van der Waals surface area contributed by atoms with Gasteiger partial charge in [0.2, 0.25) is 5.91 Å². The van der Waals surface area contributed by atoms with Gasteiger partial charge in [-0.15, -0.1) is 0 Å². The van der Waals surface area contributed by atoms with Crippen molar-refractivity contribution in [3.05, 3.63) is 63.7 Å². The van der Waals surface area contributed by atoms with Crippen LogP contribution in [0.25, 0.3) is 0 Å². The second-order valence-electron chi connectivity index (χ2n) is 11.8. The van der Waals surface area contributed by atoms with E-state index in [1.54, 1.807) is 31.7 Å². The quantitative estimate of drug-likeness (QED) is 0.343. The molecule has 8 heteroatoms. The van der Waals surface area contributed by atoms with Crippen LogP contribution in [0.15, 0.2) is 36.4 Å². The maximum Gasteiger partial charge on any atom is 0.408 e. The van der Waals surface area contributed by atoms with Crippen LogP contribution in [0.5, 0.6) is 0 Å². The standard InChI is InChI=1S/C31H44ClN3O4/c1-18(2)16-25(33-30(38)39-31(8,9)10)29(37)35(19(3)4)27(23-15-14-20(5)22(7)17-23)28(36)34-26-21(6)12-11-13-24(26)32/h11-15,17-19,25,27H,16H2,1-10H3,(H,33,38)(H,34,36). The molecule has 7 nitrogen and oxygen atoms in total. The summed E-state index contributed by atoms with van der Waals surface area (Å²) < 4.78 is 5.45. The molecule has 0 radical (unpaired) electrons. The number of anilines is 1. The first-order valence-electron chi connectivity index (χ1n) is 13.5. The van der Waals surface area contributed by atoms with Crippen molar-refractivity contribution in [2.45, 2.75) is 99.4 Å². The van der Waals surface area contributed by atoms with E-state index in [1.807, 2.05) is 78.8 Å². The van der Waals surface area contributed by atoms with Crippen molar-refractivity contribution in [3.63, 3.8) is 0 Å². The number of hydrogen-bond donors (Lipinski definition) is 2. The fourth-order valence-corrected chi connectivity index (χ4v) is 4.63. The third-order valence-corrected chi connectivity index (χ3v) is 6.67. The summed E-state index contributed by atoms with van der Waals surface area (Å²) in [6.07, 6.45) is -0.296. The van der Waals surface area contributed by atoms with E-state index >= 15 is 0 Å². The minimum Gasteiger partial charge on any atom is -0.444 e. The van der Waals surface area contributed by atoms with Gasteiger partial charge in [0.25, 0.3) is 5.91 Å². The van der Waals surface area contributed by atoms with E-state index in [-0.39, 0.29) is 17.9 Å². The highest BCUT2D eigenvalue weighted by atomic mass is 35.5. The van der Waals surface area contributed by atoms with Crippen LogP contribution in [0.3, 0.4) is 0 Å². The Balaban J connectivity index is 2.60. The van der Waals surface area contributed by atoms with Crippen LogP contribution in [-0.4, -0.2) is 40.5 Å². The van der Waals surface area contributed by atoms with E-state index in [2.05, 4.69) is 10.6 Å². The molecule has 2 aromatic carbocycles. The molecular weight excluding hydrogens is 514 g/mol. The molecule has 2 aromatic rings. The monoisotopic (exact) mass is 557 g/mol. The number of amides is 3. The molecule has 0 aliphatic carbocycles. The van der Waals surface area contributed by atoms with Gasteiger partial charge in [0, 0.05) is 6.04 Å². The van der Waals surface area contributed by atoms with E-state index in [4.69, 9.17) is 16.3 Å². The second kappa shape index (κ2) is 13.3. The zero-order chi connectivity index (χ0) is 29.7. The number of ether oxygens (including phenoxy) is 1. The average molecular weight is 558 g/mol. The molecule has 2 unspecified atom stereocenters. The van der Waals surface area contributed by atoms with Crippen molar-refractivity contribution in [1.29, 1.82) is 0 Å². The predicted molar refractivity (Wildman–Crippen MR) is 158 cm³/mol. The summed E-state index contributed by atoms with van der Waals surface area (Å²) in [5, 5.41) is 6.16. The number of nitrogens with one attached hydrogen (secondary N) is 2. The second-order valence-corrected chi connectivity index (χ2v) is 12.2. The van der Waals surface area contributed by atoms with Crippen LogP contribution in [0.4, 0.5) is 10.5 Å². The SMILES string of the molecule is Cc1ccc(C(C(=O)Nc2c(C)cccc2Cl)N(C(=O)C(CC(C)C)NC(=O)OC(C)(C)C)C(C)C)cc1C. The molecule has 0 spiro atoms. The van der Waals surface area contributed by atoms with Crippen LogP contribution >= 0.6 is 11.6 Å². The summed E-state index contributed by atoms with van der Waals surface area (Å²) in [7, 11) is 0. The molecule has 2 N–H and O–H groups in total. The zero-order valence-corrected chi connectivity index (χ0v) is 25.7. The van der Waals surface area contributed by atoms with Gasteiger partial charge in [-0.25, -0.2) is 4.79 Å². The summed E-state index contributed by atoms with van der Waals surface area (Å²) in [4.78, 5) is 42.5. The molecule has 0 saturated heterocycles. The number of para-hydroxylation sites is 1. The van der Waals surface area contributed by atoms with Gasteiger partial charge in [-0.2, -0.15) is 0 Å². The molecule has 0 saturated carbocycles. The third-order valence-electron chi connectivity index (χ3n) is 6.35. The number of halogens is 1.